The van der Waals surface area contributed by atoms with E-state index in [9.17, 15) is 25.3 Å². The van der Waals surface area contributed by atoms with E-state index in [1.165, 1.54) is 0 Å². The first kappa shape index (κ1) is 20.1. The number of carbonyl (C=O) groups is 1. The average Bonchev–Trinajstić information content (AvgIpc) is 2.66. The number of amides is 1. The molecule has 0 atom stereocenters. The minimum absolute atomic E-state index is 0.00654. The van der Waals surface area contributed by atoms with Crippen LogP contribution in [0.25, 0.3) is 6.08 Å². The van der Waals surface area contributed by atoms with Crippen molar-refractivity contribution in [3.05, 3.63) is 73.8 Å². The molecule has 0 radical (unpaired) electrons. The van der Waals surface area contributed by atoms with Crippen LogP contribution in [-0.4, -0.2) is 22.5 Å². The van der Waals surface area contributed by atoms with Crippen molar-refractivity contribution >= 4 is 33.6 Å². The lowest BCUT2D eigenvalue weighted by molar-refractivity contribution is -0.385. The molecule has 0 aromatic heterocycles. The highest BCUT2D eigenvalue weighted by Gasteiger charge is 2.16. The standard InChI is InChI=1S/C19H16BrN3O4/c20-17-11-16(23(26)27)10-14(18(17)24)9-15(12-21)19(25)22-8-4-7-13-5-2-1-3-6-13/h1-3,5-6,9-11,24H,4,7-8H2,(H,22,25)/b15-9-. The largest absolute Gasteiger partial charge is 0.506 e. The van der Waals surface area contributed by atoms with Gasteiger partial charge < -0.3 is 10.4 Å². The Morgan fingerprint density at radius 1 is 1.33 bits per heavy atom. The van der Waals surface area contributed by atoms with Gasteiger partial charge in [0.1, 0.15) is 17.4 Å². The molecule has 0 aliphatic carbocycles. The Labute approximate surface area is 164 Å². The van der Waals surface area contributed by atoms with Crippen molar-refractivity contribution in [2.24, 2.45) is 0 Å². The normalized spacial score (nSPS) is 10.9. The highest BCUT2D eigenvalue weighted by molar-refractivity contribution is 9.10. The quantitative estimate of drug-likeness (QED) is 0.228. The van der Waals surface area contributed by atoms with Crippen LogP contribution in [0.5, 0.6) is 5.75 Å². The Balaban J connectivity index is 2.06. The van der Waals surface area contributed by atoms with Crippen molar-refractivity contribution in [1.82, 2.24) is 5.32 Å². The zero-order chi connectivity index (χ0) is 19.8. The van der Waals surface area contributed by atoms with Crippen LogP contribution < -0.4 is 5.32 Å². The molecule has 8 heteroatoms. The van der Waals surface area contributed by atoms with Gasteiger partial charge in [0.2, 0.25) is 0 Å². The first-order chi connectivity index (χ1) is 12.9. The molecule has 2 aromatic carbocycles. The van der Waals surface area contributed by atoms with Gasteiger partial charge in [0.15, 0.2) is 0 Å². The Bertz CT molecular complexity index is 921. The smallest absolute Gasteiger partial charge is 0.271 e. The molecule has 138 valence electrons. The monoisotopic (exact) mass is 429 g/mol. The molecule has 0 fully saturated rings. The summed E-state index contributed by atoms with van der Waals surface area (Å²) in [5.74, 6) is -0.891. The summed E-state index contributed by atoms with van der Waals surface area (Å²) in [7, 11) is 0. The van der Waals surface area contributed by atoms with E-state index in [0.717, 1.165) is 30.2 Å². The summed E-state index contributed by atoms with van der Waals surface area (Å²) in [5.41, 5.74) is 0.630. The number of carbonyl (C=O) groups excluding carboxylic acids is 1. The number of nitriles is 1. The third-order valence-corrected chi connectivity index (χ3v) is 4.33. The number of rotatable bonds is 7. The van der Waals surface area contributed by atoms with Gasteiger partial charge in [-0.3, -0.25) is 14.9 Å². The topological polar surface area (TPSA) is 116 Å². The number of phenolic OH excluding ortho intramolecular Hbond substituents is 1. The zero-order valence-electron chi connectivity index (χ0n) is 14.2. The van der Waals surface area contributed by atoms with Gasteiger partial charge in [-0.1, -0.05) is 30.3 Å². The fraction of sp³-hybridized carbons (Fsp3) is 0.158. The van der Waals surface area contributed by atoms with Crippen LogP contribution in [-0.2, 0) is 11.2 Å². The lowest BCUT2D eigenvalue weighted by Gasteiger charge is -2.06. The number of phenols is 1. The van der Waals surface area contributed by atoms with Crippen LogP contribution in [0.4, 0.5) is 5.69 Å². The summed E-state index contributed by atoms with van der Waals surface area (Å²) >= 11 is 3.02. The Morgan fingerprint density at radius 2 is 2.04 bits per heavy atom. The highest BCUT2D eigenvalue weighted by Crippen LogP contribution is 2.33. The second kappa shape index (κ2) is 9.50. The van der Waals surface area contributed by atoms with E-state index >= 15 is 0 Å². The van der Waals surface area contributed by atoms with Crippen molar-refractivity contribution in [3.63, 3.8) is 0 Å². The molecule has 2 aromatic rings. The molecule has 0 aliphatic heterocycles. The number of nitrogens with zero attached hydrogens (tertiary/aromatic N) is 2. The molecule has 0 saturated heterocycles. The molecule has 0 bridgehead atoms. The third-order valence-electron chi connectivity index (χ3n) is 3.72. The number of halogens is 1. The van der Waals surface area contributed by atoms with Crippen molar-refractivity contribution < 1.29 is 14.8 Å². The molecule has 1 amide bonds. The molecule has 0 unspecified atom stereocenters. The van der Waals surface area contributed by atoms with E-state index in [-0.39, 0.29) is 27.0 Å². The minimum Gasteiger partial charge on any atom is -0.506 e. The number of nitrogens with one attached hydrogen (secondary N) is 1. The van der Waals surface area contributed by atoms with E-state index in [2.05, 4.69) is 21.2 Å². The van der Waals surface area contributed by atoms with Crippen LogP contribution in [0.15, 0.2) is 52.5 Å². The summed E-state index contributed by atoms with van der Waals surface area (Å²) in [4.78, 5) is 22.5. The van der Waals surface area contributed by atoms with Crippen LogP contribution >= 0.6 is 15.9 Å². The minimum atomic E-state index is -0.628. The summed E-state index contributed by atoms with van der Waals surface area (Å²) in [6, 6.07) is 13.8. The van der Waals surface area contributed by atoms with Gasteiger partial charge in [-0.15, -0.1) is 0 Å². The molecule has 0 spiro atoms. The van der Waals surface area contributed by atoms with Crippen molar-refractivity contribution in [3.8, 4) is 11.8 Å². The number of hydrogen-bond acceptors (Lipinski definition) is 5. The second-order valence-electron chi connectivity index (χ2n) is 5.64. The first-order valence-electron chi connectivity index (χ1n) is 8.03. The predicted molar refractivity (Wildman–Crippen MR) is 104 cm³/mol. The lowest BCUT2D eigenvalue weighted by atomic mass is 10.1. The van der Waals surface area contributed by atoms with Gasteiger partial charge in [0, 0.05) is 24.2 Å². The SMILES string of the molecule is N#C/C(=C/c1cc([N+](=O)[O-])cc(Br)c1O)C(=O)NCCCc1ccccc1. The molecule has 2 N–H and O–H groups in total. The van der Waals surface area contributed by atoms with Crippen LogP contribution in [0.1, 0.15) is 17.5 Å². The molecule has 0 aliphatic rings. The van der Waals surface area contributed by atoms with Gasteiger partial charge in [0.05, 0.1) is 9.40 Å². The molecular formula is C19H16BrN3O4. The summed E-state index contributed by atoms with van der Waals surface area (Å²) in [6.07, 6.45) is 2.60. The van der Waals surface area contributed by atoms with E-state index < -0.39 is 10.8 Å². The average molecular weight is 430 g/mol. The summed E-state index contributed by atoms with van der Waals surface area (Å²) in [5, 5.41) is 32.8. The van der Waals surface area contributed by atoms with Gasteiger partial charge in [-0.05, 0) is 40.4 Å². The number of hydrogen-bond donors (Lipinski definition) is 2. The number of nitro benzene ring substituents is 1. The van der Waals surface area contributed by atoms with Crippen molar-refractivity contribution in [2.45, 2.75) is 12.8 Å². The maximum absolute atomic E-state index is 12.2. The summed E-state index contributed by atoms with van der Waals surface area (Å²) < 4.78 is 0.100. The number of aryl methyl sites for hydroxylation is 1. The van der Waals surface area contributed by atoms with Gasteiger partial charge in [0.25, 0.3) is 11.6 Å². The van der Waals surface area contributed by atoms with Gasteiger partial charge >= 0.3 is 0 Å². The lowest BCUT2D eigenvalue weighted by Crippen LogP contribution is -2.25. The number of aromatic hydroxyl groups is 1. The molecule has 2 rings (SSSR count). The van der Waals surface area contributed by atoms with Gasteiger partial charge in [-0.25, -0.2) is 0 Å². The van der Waals surface area contributed by atoms with Crippen molar-refractivity contribution in [2.75, 3.05) is 6.54 Å². The maximum Gasteiger partial charge on any atom is 0.271 e. The van der Waals surface area contributed by atoms with E-state index in [4.69, 9.17) is 0 Å². The molecule has 0 saturated carbocycles. The Morgan fingerprint density at radius 3 is 2.67 bits per heavy atom. The molecule has 7 nitrogen and oxygen atoms in total. The fourth-order valence-electron chi connectivity index (χ4n) is 2.36. The van der Waals surface area contributed by atoms with Crippen LogP contribution in [0, 0.1) is 21.4 Å². The predicted octanol–water partition coefficient (Wildman–Crippen LogP) is 3.72. The van der Waals surface area contributed by atoms with Gasteiger partial charge in [-0.2, -0.15) is 5.26 Å². The summed E-state index contributed by atoms with van der Waals surface area (Å²) in [6.45, 7) is 0.372. The number of non-ortho nitro benzene ring substituents is 1. The number of benzene rings is 2. The molecule has 0 heterocycles. The third kappa shape index (κ3) is 5.66. The molecular weight excluding hydrogens is 414 g/mol. The fourth-order valence-corrected chi connectivity index (χ4v) is 2.82. The molecule has 27 heavy (non-hydrogen) atoms. The maximum atomic E-state index is 12.2. The Hall–Kier alpha value is -3.18. The second-order valence-corrected chi connectivity index (χ2v) is 6.49. The number of nitro groups is 1. The Kier molecular flexibility index (Phi) is 7.08. The first-order valence-corrected chi connectivity index (χ1v) is 8.82. The highest BCUT2D eigenvalue weighted by atomic mass is 79.9. The van der Waals surface area contributed by atoms with Crippen LogP contribution in [0.3, 0.4) is 0 Å². The van der Waals surface area contributed by atoms with E-state index in [1.54, 1.807) is 6.07 Å². The van der Waals surface area contributed by atoms with E-state index in [1.807, 2.05) is 30.3 Å². The van der Waals surface area contributed by atoms with Crippen molar-refractivity contribution in [1.29, 1.82) is 5.26 Å². The van der Waals surface area contributed by atoms with Crippen LogP contribution in [0.2, 0.25) is 0 Å². The van der Waals surface area contributed by atoms with E-state index in [0.29, 0.717) is 13.0 Å². The zero-order valence-corrected chi connectivity index (χ0v) is 15.8.